The number of hydrogen-bond acceptors (Lipinski definition) is 12. The Balaban J connectivity index is 0.000000234. The molecule has 6 aromatic rings. The molecule has 82 heavy (non-hydrogen) atoms. The van der Waals surface area contributed by atoms with Crippen molar-refractivity contribution in [2.75, 3.05) is 49.3 Å². The minimum absolute atomic E-state index is 0. The molecule has 0 spiro atoms. The number of anilines is 2. The Morgan fingerprint density at radius 1 is 0.549 bits per heavy atom. The van der Waals surface area contributed by atoms with Crippen molar-refractivity contribution >= 4 is 11.4 Å². The van der Waals surface area contributed by atoms with Gasteiger partial charge in [0.2, 0.25) is 0 Å². The monoisotopic (exact) mass is 1180 g/mol. The standard InChI is InChI=1S/C29H26F7NO5.C26H22F7NO5.CH4/c1-27(2)39-15-21(40-27)14-37-23-11-5-10-22(17-6-3-9-20(12-17)42-29(34,35)36)25(23)38-16-24(37)18-7-4-8-19(13-18)41-28(32,33)26(30)31;27-24(28)25(29,30)38-18-6-2-5-16(11-18)22-14-37-23-20(8-3-9-21(23)34(22)12-17(36)13-35)15-4-1-7-19(10-15)39-26(31,32)33;/h3-13,21,24,26H,14-16H2,1-2H3;1-11,17,22,24,35-36H,12-14H2;1H4/t21-,24-;17-,22-;/m00./s1. The van der Waals surface area contributed by atoms with Crippen LogP contribution in [-0.2, 0) is 9.47 Å². The minimum atomic E-state index is -4.90. The molecule has 1 fully saturated rings. The highest BCUT2D eigenvalue weighted by Gasteiger charge is 2.46. The van der Waals surface area contributed by atoms with E-state index in [1.807, 2.05) is 4.90 Å². The lowest BCUT2D eigenvalue weighted by Gasteiger charge is -2.40. The first kappa shape index (κ1) is 62.2. The number of halogens is 14. The molecule has 4 atom stereocenters. The van der Waals surface area contributed by atoms with Crippen LogP contribution in [0.2, 0.25) is 0 Å². The summed E-state index contributed by atoms with van der Waals surface area (Å²) >= 11 is 0. The van der Waals surface area contributed by atoms with Crippen molar-refractivity contribution in [3.63, 3.8) is 0 Å². The third kappa shape index (κ3) is 15.4. The molecule has 0 saturated carbocycles. The molecule has 0 radical (unpaired) electrons. The first-order valence-corrected chi connectivity index (χ1v) is 24.4. The smallest absolute Gasteiger partial charge is 0.488 e. The van der Waals surface area contributed by atoms with Crippen LogP contribution in [0.5, 0.6) is 34.5 Å². The maximum Gasteiger partial charge on any atom is 0.573 e. The fourth-order valence-corrected chi connectivity index (χ4v) is 9.16. The van der Waals surface area contributed by atoms with Crippen LogP contribution in [0.25, 0.3) is 22.3 Å². The third-order valence-corrected chi connectivity index (χ3v) is 12.5. The Kier molecular flexibility index (Phi) is 18.9. The number of para-hydroxylation sites is 2. The van der Waals surface area contributed by atoms with Gasteiger partial charge in [-0.1, -0.05) is 80.2 Å². The number of aliphatic hydroxyl groups excluding tert-OH is 2. The molecule has 6 aromatic carbocycles. The second-order valence-corrected chi connectivity index (χ2v) is 18.8. The van der Waals surface area contributed by atoms with Crippen LogP contribution in [-0.4, -0.2) is 106 Å². The van der Waals surface area contributed by atoms with Crippen LogP contribution in [0.4, 0.5) is 72.8 Å². The predicted molar refractivity (Wildman–Crippen MR) is 269 cm³/mol. The zero-order valence-corrected chi connectivity index (χ0v) is 42.3. The van der Waals surface area contributed by atoms with Crippen molar-refractivity contribution in [2.24, 2.45) is 0 Å². The van der Waals surface area contributed by atoms with Gasteiger partial charge in [0, 0.05) is 24.2 Å². The molecular weight excluding hydrogens is 1130 g/mol. The molecule has 0 bridgehead atoms. The summed E-state index contributed by atoms with van der Waals surface area (Å²) in [7, 11) is 0. The van der Waals surface area contributed by atoms with E-state index >= 15 is 0 Å². The zero-order chi connectivity index (χ0) is 58.7. The third-order valence-electron chi connectivity index (χ3n) is 12.5. The first-order valence-electron chi connectivity index (χ1n) is 24.4. The first-order chi connectivity index (χ1) is 38.1. The molecule has 0 unspecified atom stereocenters. The second-order valence-electron chi connectivity index (χ2n) is 18.8. The van der Waals surface area contributed by atoms with Crippen molar-refractivity contribution in [3.05, 3.63) is 145 Å². The molecule has 0 aromatic heterocycles. The van der Waals surface area contributed by atoms with Crippen LogP contribution in [0.15, 0.2) is 133 Å². The summed E-state index contributed by atoms with van der Waals surface area (Å²) in [5, 5.41) is 19.7. The Morgan fingerprint density at radius 3 is 1.35 bits per heavy atom. The van der Waals surface area contributed by atoms with Crippen LogP contribution in [0.1, 0.15) is 44.5 Å². The van der Waals surface area contributed by atoms with Gasteiger partial charge in [-0.05, 0) is 96.8 Å². The van der Waals surface area contributed by atoms with Gasteiger partial charge in [-0.3, -0.25) is 0 Å². The summed E-state index contributed by atoms with van der Waals surface area (Å²) in [6, 6.07) is 29.7. The molecule has 0 aliphatic carbocycles. The number of nitrogens with zero attached hydrogens (tertiary/aromatic N) is 2. The van der Waals surface area contributed by atoms with Gasteiger partial charge in [0.25, 0.3) is 0 Å². The minimum Gasteiger partial charge on any atom is -0.488 e. The topological polar surface area (TPSA) is 121 Å². The van der Waals surface area contributed by atoms with E-state index in [0.29, 0.717) is 50.5 Å². The molecule has 12 nitrogen and oxygen atoms in total. The lowest BCUT2D eigenvalue weighted by Crippen LogP contribution is -2.42. The quantitative estimate of drug-likeness (QED) is 0.0846. The Bertz CT molecular complexity index is 3110. The van der Waals surface area contributed by atoms with Gasteiger partial charge in [-0.25, -0.2) is 0 Å². The summed E-state index contributed by atoms with van der Waals surface area (Å²) in [5.41, 5.74) is 3.30. The van der Waals surface area contributed by atoms with Gasteiger partial charge >= 0.3 is 37.8 Å². The van der Waals surface area contributed by atoms with Gasteiger partial charge in [-0.15, -0.1) is 26.3 Å². The lowest BCUT2D eigenvalue weighted by atomic mass is 9.98. The van der Waals surface area contributed by atoms with E-state index in [-0.39, 0.29) is 46.1 Å². The zero-order valence-electron chi connectivity index (χ0n) is 42.3. The lowest BCUT2D eigenvalue weighted by molar-refractivity contribution is -0.275. The molecule has 1 saturated heterocycles. The van der Waals surface area contributed by atoms with Crippen molar-refractivity contribution in [3.8, 4) is 56.8 Å². The molecule has 444 valence electrons. The van der Waals surface area contributed by atoms with Crippen LogP contribution in [0, 0.1) is 0 Å². The normalized spacial score (nSPS) is 18.2. The van der Waals surface area contributed by atoms with E-state index in [9.17, 15) is 71.7 Å². The van der Waals surface area contributed by atoms with E-state index in [0.717, 1.165) is 24.3 Å². The summed E-state index contributed by atoms with van der Waals surface area (Å²) in [6.07, 6.45) is -28.9. The maximum atomic E-state index is 13.6. The summed E-state index contributed by atoms with van der Waals surface area (Å²) in [4.78, 5) is 3.52. The number of alkyl halides is 14. The SMILES string of the molecule is C.CC1(C)OC[C@H](CN2c3cccc(-c4cccc(OC(F)(F)F)c4)c3OC[C@H]2c2cccc(OC(F)(F)C(F)F)c2)O1.OC[C@@H](O)CN1c2cccc(-c3cccc(OC(F)(F)F)c3)c2OC[C@H]1c1cccc(OC(F)(F)C(F)F)c1. The van der Waals surface area contributed by atoms with E-state index in [4.69, 9.17) is 18.9 Å². The number of rotatable bonds is 17. The van der Waals surface area contributed by atoms with Crippen molar-refractivity contribution < 1.29 is 110 Å². The Hall–Kier alpha value is -7.42. The highest BCUT2D eigenvalue weighted by Crippen LogP contribution is 2.49. The highest BCUT2D eigenvalue weighted by atomic mass is 19.4. The summed E-state index contributed by atoms with van der Waals surface area (Å²) in [5.74, 6) is -2.06. The Labute approximate surface area is 459 Å². The second kappa shape index (κ2) is 25.0. The Morgan fingerprint density at radius 2 is 0.951 bits per heavy atom. The number of fused-ring (bicyclic) bond motifs is 2. The van der Waals surface area contributed by atoms with E-state index < -0.39 is 97.5 Å². The van der Waals surface area contributed by atoms with Gasteiger partial charge < -0.3 is 57.9 Å². The van der Waals surface area contributed by atoms with Gasteiger partial charge in [0.05, 0.1) is 42.8 Å². The molecule has 3 heterocycles. The summed E-state index contributed by atoms with van der Waals surface area (Å²) in [6.45, 7) is 3.11. The van der Waals surface area contributed by atoms with Crippen molar-refractivity contribution in [1.29, 1.82) is 0 Å². The van der Waals surface area contributed by atoms with Crippen molar-refractivity contribution in [2.45, 2.75) is 89.1 Å². The highest BCUT2D eigenvalue weighted by molar-refractivity contribution is 5.82. The van der Waals surface area contributed by atoms with Crippen LogP contribution < -0.4 is 38.2 Å². The largest absolute Gasteiger partial charge is 0.573 e. The van der Waals surface area contributed by atoms with Gasteiger partial charge in [-0.2, -0.15) is 35.1 Å². The van der Waals surface area contributed by atoms with Gasteiger partial charge in [0.15, 0.2) is 17.3 Å². The number of benzene rings is 6. The average molecular weight is 1180 g/mol. The number of ether oxygens (including phenoxy) is 8. The van der Waals surface area contributed by atoms with Crippen molar-refractivity contribution in [1.82, 2.24) is 0 Å². The molecule has 26 heteroatoms. The van der Waals surface area contributed by atoms with E-state index in [1.165, 1.54) is 54.6 Å². The maximum absolute atomic E-state index is 13.6. The van der Waals surface area contributed by atoms with Crippen LogP contribution >= 0.6 is 0 Å². The predicted octanol–water partition coefficient (Wildman–Crippen LogP) is 14.0. The fourth-order valence-electron chi connectivity index (χ4n) is 9.16. The summed E-state index contributed by atoms with van der Waals surface area (Å²) < 4.78 is 222. The van der Waals surface area contributed by atoms with Crippen LogP contribution in [0.3, 0.4) is 0 Å². The molecule has 3 aliphatic heterocycles. The average Bonchev–Trinajstić information content (AvgIpc) is 2.21. The number of aliphatic hydroxyl groups is 2. The van der Waals surface area contributed by atoms with Gasteiger partial charge in [0.1, 0.15) is 42.3 Å². The molecule has 0 amide bonds. The molecule has 2 N–H and O–H groups in total. The number of hydrogen-bond donors (Lipinski definition) is 2. The fraction of sp³-hybridized carbons (Fsp3) is 0.357. The van der Waals surface area contributed by atoms with E-state index in [2.05, 4.69) is 18.9 Å². The molecule has 3 aliphatic rings. The van der Waals surface area contributed by atoms with E-state index in [1.54, 1.807) is 73.3 Å². The molecule has 9 rings (SSSR count). The number of β-amino-alcohol motifs (C(OH)–C–C–N with tert-alkyl or cyclic N) is 1. The molecular formula is C56H52F14N2O10.